The molecule has 3 nitrogen and oxygen atoms in total. The summed E-state index contributed by atoms with van der Waals surface area (Å²) in [6, 6.07) is 0.300. The molecular formula is C16H32N2O. The van der Waals surface area contributed by atoms with Crippen LogP contribution in [0.25, 0.3) is 0 Å². The topological polar surface area (TPSA) is 55.1 Å². The Balaban J connectivity index is 2.41. The predicted octanol–water partition coefficient (Wildman–Crippen LogP) is 3.23. The molecule has 1 rings (SSSR count). The highest BCUT2D eigenvalue weighted by Crippen LogP contribution is 2.28. The van der Waals surface area contributed by atoms with Gasteiger partial charge in [0.2, 0.25) is 5.91 Å². The van der Waals surface area contributed by atoms with Crippen LogP contribution >= 0.6 is 0 Å². The van der Waals surface area contributed by atoms with Crippen molar-refractivity contribution in [3.05, 3.63) is 0 Å². The van der Waals surface area contributed by atoms with E-state index in [0.717, 1.165) is 25.7 Å². The predicted molar refractivity (Wildman–Crippen MR) is 80.8 cm³/mol. The van der Waals surface area contributed by atoms with Crippen molar-refractivity contribution < 1.29 is 4.79 Å². The van der Waals surface area contributed by atoms with Gasteiger partial charge in [0, 0.05) is 18.0 Å². The number of amides is 1. The van der Waals surface area contributed by atoms with Crippen molar-refractivity contribution in [3.8, 4) is 0 Å². The van der Waals surface area contributed by atoms with E-state index in [1.165, 1.54) is 6.42 Å². The maximum absolute atomic E-state index is 12.2. The molecule has 1 saturated carbocycles. The fourth-order valence-electron chi connectivity index (χ4n) is 3.58. The van der Waals surface area contributed by atoms with Crippen molar-refractivity contribution in [2.75, 3.05) is 0 Å². The van der Waals surface area contributed by atoms with Gasteiger partial charge in [0.1, 0.15) is 0 Å². The van der Waals surface area contributed by atoms with Crippen LogP contribution in [0.15, 0.2) is 0 Å². The smallest absolute Gasteiger partial charge is 0.220 e. The van der Waals surface area contributed by atoms with E-state index in [1.54, 1.807) is 0 Å². The molecule has 0 aliphatic heterocycles. The Morgan fingerprint density at radius 3 is 2.37 bits per heavy atom. The van der Waals surface area contributed by atoms with Gasteiger partial charge in [-0.2, -0.15) is 0 Å². The average Bonchev–Trinajstić information content (AvgIpc) is 2.11. The summed E-state index contributed by atoms with van der Waals surface area (Å²) in [5, 5.41) is 3.20. The first-order valence-electron chi connectivity index (χ1n) is 7.64. The van der Waals surface area contributed by atoms with Crippen LogP contribution < -0.4 is 11.1 Å². The molecule has 0 aromatic carbocycles. The summed E-state index contributed by atoms with van der Waals surface area (Å²) in [6.07, 6.45) is 6.07. The normalized spacial score (nSPS) is 25.2. The van der Waals surface area contributed by atoms with Crippen LogP contribution in [-0.2, 0) is 4.79 Å². The second-order valence-electron chi connectivity index (χ2n) is 8.17. The minimum absolute atomic E-state index is 0.133. The van der Waals surface area contributed by atoms with Crippen molar-refractivity contribution in [2.45, 2.75) is 84.7 Å². The Bertz CT molecular complexity index is 304. The zero-order chi connectivity index (χ0) is 14.7. The molecule has 1 aliphatic carbocycles. The highest BCUT2D eigenvalue weighted by atomic mass is 16.1. The summed E-state index contributed by atoms with van der Waals surface area (Å²) in [7, 11) is 0. The van der Waals surface area contributed by atoms with Gasteiger partial charge in [-0.25, -0.2) is 0 Å². The van der Waals surface area contributed by atoms with Crippen molar-refractivity contribution in [1.82, 2.24) is 5.32 Å². The number of nitrogens with two attached hydrogens (primary N) is 1. The lowest BCUT2D eigenvalue weighted by molar-refractivity contribution is -0.124. The minimum atomic E-state index is -0.133. The molecule has 0 aromatic heterocycles. The van der Waals surface area contributed by atoms with Crippen LogP contribution in [0.3, 0.4) is 0 Å². The lowest BCUT2D eigenvalue weighted by Crippen LogP contribution is -2.46. The van der Waals surface area contributed by atoms with Gasteiger partial charge in [0.25, 0.3) is 0 Å². The van der Waals surface area contributed by atoms with E-state index in [1.807, 2.05) is 0 Å². The number of hydrogen-bond donors (Lipinski definition) is 2. The Kier molecular flexibility index (Phi) is 5.43. The molecule has 112 valence electrons. The van der Waals surface area contributed by atoms with Crippen LogP contribution in [0, 0.1) is 11.3 Å². The van der Waals surface area contributed by atoms with Gasteiger partial charge in [-0.05, 0) is 50.9 Å². The molecule has 2 atom stereocenters. The van der Waals surface area contributed by atoms with E-state index in [0.29, 0.717) is 18.4 Å². The first kappa shape index (κ1) is 16.5. The van der Waals surface area contributed by atoms with Crippen LogP contribution in [0.2, 0.25) is 0 Å². The Morgan fingerprint density at radius 2 is 1.84 bits per heavy atom. The van der Waals surface area contributed by atoms with Crippen LogP contribution in [0.1, 0.15) is 73.1 Å². The highest BCUT2D eigenvalue weighted by molar-refractivity contribution is 5.77. The van der Waals surface area contributed by atoms with Gasteiger partial charge in [0.05, 0.1) is 0 Å². The van der Waals surface area contributed by atoms with Gasteiger partial charge in [-0.15, -0.1) is 0 Å². The third-order valence-corrected chi connectivity index (χ3v) is 3.75. The van der Waals surface area contributed by atoms with Crippen molar-refractivity contribution >= 4 is 5.91 Å². The quantitative estimate of drug-likeness (QED) is 0.822. The maximum atomic E-state index is 12.2. The van der Waals surface area contributed by atoms with Gasteiger partial charge < -0.3 is 11.1 Å². The fourth-order valence-corrected chi connectivity index (χ4v) is 3.58. The summed E-state index contributed by atoms with van der Waals surface area (Å²) < 4.78 is 0. The molecule has 0 bridgehead atoms. The van der Waals surface area contributed by atoms with E-state index >= 15 is 0 Å². The third kappa shape index (κ3) is 6.95. The second kappa shape index (κ2) is 6.25. The molecule has 3 heteroatoms. The highest BCUT2D eigenvalue weighted by Gasteiger charge is 2.28. The Labute approximate surface area is 118 Å². The fraction of sp³-hybridized carbons (Fsp3) is 0.938. The van der Waals surface area contributed by atoms with Crippen molar-refractivity contribution in [1.29, 1.82) is 0 Å². The number of hydrogen-bond acceptors (Lipinski definition) is 2. The largest absolute Gasteiger partial charge is 0.351 e. The van der Waals surface area contributed by atoms with Crippen LogP contribution in [-0.4, -0.2) is 17.5 Å². The zero-order valence-corrected chi connectivity index (χ0v) is 13.4. The second-order valence-corrected chi connectivity index (χ2v) is 8.17. The monoisotopic (exact) mass is 268 g/mol. The summed E-state index contributed by atoms with van der Waals surface area (Å²) in [5.41, 5.74) is 6.07. The zero-order valence-electron chi connectivity index (χ0n) is 13.4. The molecule has 0 saturated heterocycles. The molecule has 0 heterocycles. The van der Waals surface area contributed by atoms with Gasteiger partial charge in [-0.1, -0.05) is 27.2 Å². The molecule has 1 fully saturated rings. The first-order valence-corrected chi connectivity index (χ1v) is 7.64. The Morgan fingerprint density at radius 1 is 1.21 bits per heavy atom. The third-order valence-electron chi connectivity index (χ3n) is 3.75. The van der Waals surface area contributed by atoms with Crippen molar-refractivity contribution in [2.24, 2.45) is 17.1 Å². The average molecular weight is 268 g/mol. The minimum Gasteiger partial charge on any atom is -0.351 e. The van der Waals surface area contributed by atoms with E-state index in [-0.39, 0.29) is 16.9 Å². The lowest BCUT2D eigenvalue weighted by Gasteiger charge is -2.34. The van der Waals surface area contributed by atoms with Crippen LogP contribution in [0.5, 0.6) is 0 Å². The first-order chi connectivity index (χ1) is 8.57. The lowest BCUT2D eigenvalue weighted by atomic mass is 9.81. The number of rotatable bonds is 4. The summed E-state index contributed by atoms with van der Waals surface area (Å²) in [6.45, 7) is 10.9. The van der Waals surface area contributed by atoms with E-state index in [2.05, 4.69) is 39.9 Å². The van der Waals surface area contributed by atoms with E-state index < -0.39 is 0 Å². The van der Waals surface area contributed by atoms with Crippen LogP contribution in [0.4, 0.5) is 0 Å². The summed E-state index contributed by atoms with van der Waals surface area (Å²) in [4.78, 5) is 12.2. The van der Waals surface area contributed by atoms with Gasteiger partial charge in [0.15, 0.2) is 0 Å². The molecule has 1 amide bonds. The van der Waals surface area contributed by atoms with E-state index in [4.69, 9.17) is 5.73 Å². The molecule has 0 aromatic rings. The maximum Gasteiger partial charge on any atom is 0.220 e. The molecule has 1 aliphatic rings. The number of nitrogens with one attached hydrogen (secondary N) is 1. The molecule has 2 unspecified atom stereocenters. The molecule has 0 radical (unpaired) electrons. The summed E-state index contributed by atoms with van der Waals surface area (Å²) in [5.74, 6) is 0.669. The van der Waals surface area contributed by atoms with E-state index in [9.17, 15) is 4.79 Å². The van der Waals surface area contributed by atoms with Gasteiger partial charge in [-0.3, -0.25) is 4.79 Å². The van der Waals surface area contributed by atoms with Gasteiger partial charge >= 0.3 is 0 Å². The Hall–Kier alpha value is -0.570. The number of carbonyl (C=O) groups is 1. The van der Waals surface area contributed by atoms with Crippen molar-refractivity contribution in [3.63, 3.8) is 0 Å². The SMILES string of the molecule is CC(C)(C)CC(C)(C)NC(=O)CC1CCCC(N)C1. The molecule has 0 spiro atoms. The summed E-state index contributed by atoms with van der Waals surface area (Å²) >= 11 is 0. The standard InChI is InChI=1S/C16H32N2O/c1-15(2,3)11-16(4,5)18-14(19)10-12-7-6-8-13(17)9-12/h12-13H,6-11,17H2,1-5H3,(H,18,19). The molecule has 19 heavy (non-hydrogen) atoms. The molecular weight excluding hydrogens is 236 g/mol. The number of carbonyl (C=O) groups excluding carboxylic acids is 1. The molecule has 3 N–H and O–H groups in total.